The molecule has 1 saturated heterocycles. The molecule has 0 N–H and O–H groups in total. The first-order valence-corrected chi connectivity index (χ1v) is 9.14. The third-order valence-electron chi connectivity index (χ3n) is 4.82. The van der Waals surface area contributed by atoms with Crippen molar-refractivity contribution in [1.29, 1.82) is 0 Å². The van der Waals surface area contributed by atoms with E-state index < -0.39 is 0 Å². The van der Waals surface area contributed by atoms with E-state index in [0.29, 0.717) is 5.56 Å². The predicted molar refractivity (Wildman–Crippen MR) is 98.6 cm³/mol. The minimum Gasteiger partial charge on any atom is -0.357 e. The molecule has 1 atom stereocenters. The molecule has 2 aromatic heterocycles. The number of carbonyl (C=O) groups excluding carboxylic acids is 1. The van der Waals surface area contributed by atoms with E-state index in [9.17, 15) is 4.79 Å². The van der Waals surface area contributed by atoms with Crippen LogP contribution in [0.15, 0.2) is 30.7 Å². The Morgan fingerprint density at radius 1 is 1.32 bits per heavy atom. The molecule has 0 aromatic carbocycles. The lowest BCUT2D eigenvalue weighted by Gasteiger charge is -2.25. The molecule has 6 nitrogen and oxygen atoms in total. The quantitative estimate of drug-likeness (QED) is 0.810. The van der Waals surface area contributed by atoms with Gasteiger partial charge in [-0.3, -0.25) is 9.48 Å². The van der Waals surface area contributed by atoms with Gasteiger partial charge in [0.25, 0.3) is 5.91 Å². The summed E-state index contributed by atoms with van der Waals surface area (Å²) in [6.45, 7) is 6.97. The molecule has 3 heterocycles. The van der Waals surface area contributed by atoms with Crippen LogP contribution in [0.1, 0.15) is 55.1 Å². The van der Waals surface area contributed by atoms with Gasteiger partial charge in [-0.25, -0.2) is 4.98 Å². The van der Waals surface area contributed by atoms with Crippen molar-refractivity contribution in [3.63, 3.8) is 0 Å². The van der Waals surface area contributed by atoms with Crippen molar-refractivity contribution in [3.05, 3.63) is 41.9 Å². The van der Waals surface area contributed by atoms with Crippen molar-refractivity contribution in [2.24, 2.45) is 7.05 Å². The SMILES string of the molecule is CCCN(CC)c1ccc(C(=O)N2CCC[C@H]2c2cnn(C)c2)cn1. The van der Waals surface area contributed by atoms with Crippen LogP contribution < -0.4 is 4.90 Å². The van der Waals surface area contributed by atoms with E-state index in [0.717, 1.165) is 50.3 Å². The van der Waals surface area contributed by atoms with E-state index in [1.165, 1.54) is 0 Å². The molecule has 6 heteroatoms. The van der Waals surface area contributed by atoms with Crippen molar-refractivity contribution in [3.8, 4) is 0 Å². The second kappa shape index (κ2) is 7.68. The Hall–Kier alpha value is -2.37. The molecule has 0 spiro atoms. The van der Waals surface area contributed by atoms with Gasteiger partial charge in [0.1, 0.15) is 5.82 Å². The number of likely N-dealkylation sites (tertiary alicyclic amines) is 1. The topological polar surface area (TPSA) is 54.3 Å². The second-order valence-electron chi connectivity index (χ2n) is 6.59. The number of carbonyl (C=O) groups is 1. The molecule has 0 aliphatic carbocycles. The smallest absolute Gasteiger partial charge is 0.255 e. The minimum atomic E-state index is 0.0592. The Morgan fingerprint density at radius 3 is 2.76 bits per heavy atom. The fraction of sp³-hybridized carbons (Fsp3) is 0.526. The zero-order valence-corrected chi connectivity index (χ0v) is 15.4. The molecular weight excluding hydrogens is 314 g/mol. The molecule has 0 unspecified atom stereocenters. The van der Waals surface area contributed by atoms with Crippen molar-refractivity contribution >= 4 is 11.7 Å². The number of anilines is 1. The van der Waals surface area contributed by atoms with E-state index in [1.54, 1.807) is 10.9 Å². The summed E-state index contributed by atoms with van der Waals surface area (Å²) < 4.78 is 1.79. The lowest BCUT2D eigenvalue weighted by Crippen LogP contribution is -2.30. The average molecular weight is 341 g/mol. The van der Waals surface area contributed by atoms with Gasteiger partial charge in [0.2, 0.25) is 0 Å². The van der Waals surface area contributed by atoms with E-state index in [1.807, 2.05) is 36.5 Å². The van der Waals surface area contributed by atoms with Crippen LogP contribution in [0.25, 0.3) is 0 Å². The molecule has 1 aliphatic rings. The van der Waals surface area contributed by atoms with Crippen LogP contribution in [-0.2, 0) is 7.05 Å². The number of aromatic nitrogens is 3. The fourth-order valence-corrected chi connectivity index (χ4v) is 3.54. The van der Waals surface area contributed by atoms with Gasteiger partial charge in [0.05, 0.1) is 17.8 Å². The number of rotatable bonds is 6. The zero-order chi connectivity index (χ0) is 17.8. The molecule has 1 fully saturated rings. The van der Waals surface area contributed by atoms with Crippen LogP contribution in [0.4, 0.5) is 5.82 Å². The molecule has 1 amide bonds. The molecule has 0 bridgehead atoms. The van der Waals surface area contributed by atoms with Crippen molar-refractivity contribution < 1.29 is 4.79 Å². The Labute approximate surface area is 149 Å². The van der Waals surface area contributed by atoms with Crippen LogP contribution in [0.2, 0.25) is 0 Å². The van der Waals surface area contributed by atoms with Gasteiger partial charge < -0.3 is 9.80 Å². The average Bonchev–Trinajstić information content (AvgIpc) is 3.28. The van der Waals surface area contributed by atoms with Crippen molar-refractivity contribution in [2.75, 3.05) is 24.5 Å². The molecule has 25 heavy (non-hydrogen) atoms. The standard InChI is InChI=1S/C19H27N5O/c1-4-10-23(5-2)18-9-8-15(12-20-18)19(25)24-11-6-7-17(24)16-13-21-22(3)14-16/h8-9,12-14,17H,4-7,10-11H2,1-3H3/t17-/m0/s1. The monoisotopic (exact) mass is 341 g/mol. The maximum Gasteiger partial charge on any atom is 0.255 e. The number of amides is 1. The number of hydrogen-bond acceptors (Lipinski definition) is 4. The Balaban J connectivity index is 1.76. The van der Waals surface area contributed by atoms with Gasteiger partial charge >= 0.3 is 0 Å². The molecular formula is C19H27N5O. The van der Waals surface area contributed by atoms with Crippen LogP contribution in [0.5, 0.6) is 0 Å². The van der Waals surface area contributed by atoms with Gasteiger partial charge in [0, 0.05) is 44.6 Å². The van der Waals surface area contributed by atoms with E-state index in [-0.39, 0.29) is 11.9 Å². The molecule has 2 aromatic rings. The fourth-order valence-electron chi connectivity index (χ4n) is 3.54. The van der Waals surface area contributed by atoms with Gasteiger partial charge in [-0.2, -0.15) is 5.10 Å². The van der Waals surface area contributed by atoms with Gasteiger partial charge in [-0.05, 0) is 38.3 Å². The third-order valence-corrected chi connectivity index (χ3v) is 4.82. The van der Waals surface area contributed by atoms with Gasteiger partial charge in [-0.15, -0.1) is 0 Å². The highest BCUT2D eigenvalue weighted by Gasteiger charge is 2.31. The van der Waals surface area contributed by atoms with Crippen LogP contribution >= 0.6 is 0 Å². The van der Waals surface area contributed by atoms with E-state index in [4.69, 9.17) is 0 Å². The maximum atomic E-state index is 13.0. The first-order chi connectivity index (χ1) is 12.1. The second-order valence-corrected chi connectivity index (χ2v) is 6.59. The largest absolute Gasteiger partial charge is 0.357 e. The van der Waals surface area contributed by atoms with Crippen LogP contribution in [0, 0.1) is 0 Å². The summed E-state index contributed by atoms with van der Waals surface area (Å²) in [5, 5.41) is 4.25. The van der Waals surface area contributed by atoms with E-state index in [2.05, 4.69) is 28.8 Å². The number of aryl methyl sites for hydroxylation is 1. The Bertz CT molecular complexity index is 709. The summed E-state index contributed by atoms with van der Waals surface area (Å²) in [7, 11) is 1.91. The summed E-state index contributed by atoms with van der Waals surface area (Å²) in [4.78, 5) is 21.7. The minimum absolute atomic E-state index is 0.0592. The summed E-state index contributed by atoms with van der Waals surface area (Å²) in [6, 6.07) is 3.98. The molecule has 134 valence electrons. The third kappa shape index (κ3) is 3.67. The highest BCUT2D eigenvalue weighted by atomic mass is 16.2. The van der Waals surface area contributed by atoms with Crippen molar-refractivity contribution in [1.82, 2.24) is 19.7 Å². The van der Waals surface area contributed by atoms with Crippen LogP contribution in [0.3, 0.4) is 0 Å². The lowest BCUT2D eigenvalue weighted by molar-refractivity contribution is 0.0735. The van der Waals surface area contributed by atoms with Gasteiger partial charge in [-0.1, -0.05) is 6.92 Å². The summed E-state index contributed by atoms with van der Waals surface area (Å²) in [6.07, 6.45) is 8.67. The summed E-state index contributed by atoms with van der Waals surface area (Å²) >= 11 is 0. The molecule has 0 saturated carbocycles. The summed E-state index contributed by atoms with van der Waals surface area (Å²) in [5.74, 6) is 0.995. The Morgan fingerprint density at radius 2 is 2.16 bits per heavy atom. The first kappa shape index (κ1) is 17.5. The Kier molecular flexibility index (Phi) is 5.36. The molecule has 3 rings (SSSR count). The lowest BCUT2D eigenvalue weighted by atomic mass is 10.1. The first-order valence-electron chi connectivity index (χ1n) is 9.14. The van der Waals surface area contributed by atoms with Crippen molar-refractivity contribution in [2.45, 2.75) is 39.2 Å². The van der Waals surface area contributed by atoms with E-state index >= 15 is 0 Å². The summed E-state index contributed by atoms with van der Waals surface area (Å²) in [5.41, 5.74) is 1.77. The van der Waals surface area contributed by atoms with Crippen LogP contribution in [-0.4, -0.2) is 45.2 Å². The normalized spacial score (nSPS) is 17.1. The molecule has 1 aliphatic heterocycles. The maximum absolute atomic E-state index is 13.0. The number of nitrogens with zero attached hydrogens (tertiary/aromatic N) is 5. The number of hydrogen-bond donors (Lipinski definition) is 0. The van der Waals surface area contributed by atoms with Gasteiger partial charge in [0.15, 0.2) is 0 Å². The molecule has 0 radical (unpaired) electrons. The number of pyridine rings is 1. The predicted octanol–water partition coefficient (Wildman–Crippen LogP) is 3.03. The highest BCUT2D eigenvalue weighted by Crippen LogP contribution is 2.32. The highest BCUT2D eigenvalue weighted by molar-refractivity contribution is 5.94. The zero-order valence-electron chi connectivity index (χ0n) is 15.4.